The number of nitro benzene ring substituents is 1. The standard InChI is InChI=1S/C12H12FN5O3/c1-17-5-4-15-9(17)6-16-12(19)10-7(13)2-3-8(11(10)14)18(20)21/h2-5H,6,14H2,1H3,(H,16,19). The van der Waals surface area contributed by atoms with Gasteiger partial charge in [0.05, 0.1) is 11.5 Å². The van der Waals surface area contributed by atoms with Gasteiger partial charge in [-0.3, -0.25) is 14.9 Å². The topological polar surface area (TPSA) is 116 Å². The maximum absolute atomic E-state index is 13.7. The summed E-state index contributed by atoms with van der Waals surface area (Å²) in [7, 11) is 1.73. The minimum Gasteiger partial charge on any atom is -0.392 e. The minimum atomic E-state index is -0.921. The molecule has 1 amide bonds. The monoisotopic (exact) mass is 293 g/mol. The van der Waals surface area contributed by atoms with Crippen molar-refractivity contribution in [3.8, 4) is 0 Å². The van der Waals surface area contributed by atoms with Gasteiger partial charge in [0, 0.05) is 25.5 Å². The van der Waals surface area contributed by atoms with Crippen LogP contribution in [0.15, 0.2) is 24.5 Å². The van der Waals surface area contributed by atoms with E-state index >= 15 is 0 Å². The fraction of sp³-hybridized carbons (Fsp3) is 0.167. The van der Waals surface area contributed by atoms with E-state index in [2.05, 4.69) is 10.3 Å². The number of carbonyl (C=O) groups excluding carboxylic acids is 1. The third-order valence-electron chi connectivity index (χ3n) is 2.92. The fourth-order valence-corrected chi connectivity index (χ4v) is 1.79. The first-order valence-electron chi connectivity index (χ1n) is 5.88. The number of aromatic nitrogens is 2. The van der Waals surface area contributed by atoms with Crippen molar-refractivity contribution in [2.24, 2.45) is 7.05 Å². The van der Waals surface area contributed by atoms with Crippen molar-refractivity contribution >= 4 is 17.3 Å². The van der Waals surface area contributed by atoms with Gasteiger partial charge in [-0.05, 0) is 6.07 Å². The molecule has 0 radical (unpaired) electrons. The van der Waals surface area contributed by atoms with E-state index < -0.39 is 33.6 Å². The van der Waals surface area contributed by atoms with Crippen LogP contribution in [0.5, 0.6) is 0 Å². The molecule has 21 heavy (non-hydrogen) atoms. The van der Waals surface area contributed by atoms with Gasteiger partial charge in [-0.1, -0.05) is 0 Å². The Labute approximate surface area is 118 Å². The van der Waals surface area contributed by atoms with Crippen molar-refractivity contribution in [1.82, 2.24) is 14.9 Å². The lowest BCUT2D eigenvalue weighted by molar-refractivity contribution is -0.384. The molecule has 0 aliphatic carbocycles. The summed E-state index contributed by atoms with van der Waals surface area (Å²) < 4.78 is 15.4. The van der Waals surface area contributed by atoms with E-state index in [1.165, 1.54) is 0 Å². The molecule has 2 rings (SSSR count). The summed E-state index contributed by atoms with van der Waals surface area (Å²) in [4.78, 5) is 25.9. The number of nitrogens with one attached hydrogen (secondary N) is 1. The number of anilines is 1. The quantitative estimate of drug-likeness (QED) is 0.495. The third-order valence-corrected chi connectivity index (χ3v) is 2.92. The number of hydrogen-bond acceptors (Lipinski definition) is 5. The number of rotatable bonds is 4. The van der Waals surface area contributed by atoms with Gasteiger partial charge in [0.25, 0.3) is 11.6 Å². The van der Waals surface area contributed by atoms with Crippen molar-refractivity contribution in [1.29, 1.82) is 0 Å². The molecule has 0 atom stereocenters. The molecule has 0 saturated carbocycles. The van der Waals surface area contributed by atoms with Crippen LogP contribution in [0.4, 0.5) is 15.8 Å². The molecule has 2 aromatic rings. The van der Waals surface area contributed by atoms with Crippen LogP contribution < -0.4 is 11.1 Å². The predicted molar refractivity (Wildman–Crippen MR) is 71.8 cm³/mol. The number of nitrogens with two attached hydrogens (primary N) is 1. The second-order valence-electron chi connectivity index (χ2n) is 4.25. The Kier molecular flexibility index (Phi) is 3.83. The Morgan fingerprint density at radius 1 is 1.57 bits per heavy atom. The molecule has 8 nitrogen and oxygen atoms in total. The molecule has 0 unspecified atom stereocenters. The summed E-state index contributed by atoms with van der Waals surface area (Å²) >= 11 is 0. The molecular weight excluding hydrogens is 281 g/mol. The van der Waals surface area contributed by atoms with Crippen LogP contribution in [0.1, 0.15) is 16.2 Å². The number of hydrogen-bond donors (Lipinski definition) is 2. The highest BCUT2D eigenvalue weighted by molar-refractivity contribution is 6.01. The predicted octanol–water partition coefficient (Wildman–Crippen LogP) is 0.980. The number of imidazole rings is 1. The molecule has 0 bridgehead atoms. The van der Waals surface area contributed by atoms with E-state index in [9.17, 15) is 19.3 Å². The first-order chi connectivity index (χ1) is 9.91. The van der Waals surface area contributed by atoms with Crippen molar-refractivity contribution in [2.45, 2.75) is 6.54 Å². The van der Waals surface area contributed by atoms with Crippen molar-refractivity contribution in [3.05, 3.63) is 51.8 Å². The number of amides is 1. The molecule has 0 spiro atoms. The molecule has 0 aliphatic rings. The lowest BCUT2D eigenvalue weighted by Crippen LogP contribution is -2.26. The van der Waals surface area contributed by atoms with Crippen molar-refractivity contribution in [3.63, 3.8) is 0 Å². The van der Waals surface area contributed by atoms with Gasteiger partial charge in [-0.15, -0.1) is 0 Å². The average molecular weight is 293 g/mol. The minimum absolute atomic E-state index is 0.0455. The molecule has 1 heterocycles. The molecule has 0 aliphatic heterocycles. The SMILES string of the molecule is Cn1ccnc1CNC(=O)c1c(F)ccc([N+](=O)[O-])c1N. The zero-order valence-corrected chi connectivity index (χ0v) is 11.0. The summed E-state index contributed by atoms with van der Waals surface area (Å²) in [6, 6.07) is 1.75. The van der Waals surface area contributed by atoms with Gasteiger partial charge >= 0.3 is 0 Å². The van der Waals surface area contributed by atoms with Gasteiger partial charge in [0.1, 0.15) is 22.9 Å². The van der Waals surface area contributed by atoms with Gasteiger partial charge in [-0.2, -0.15) is 0 Å². The summed E-state index contributed by atoms with van der Waals surface area (Å²) in [5.41, 5.74) is 3.94. The molecule has 110 valence electrons. The second-order valence-corrected chi connectivity index (χ2v) is 4.25. The van der Waals surface area contributed by atoms with Gasteiger partial charge in [0.2, 0.25) is 0 Å². The Morgan fingerprint density at radius 2 is 2.29 bits per heavy atom. The van der Waals surface area contributed by atoms with Gasteiger partial charge in [0.15, 0.2) is 0 Å². The van der Waals surface area contributed by atoms with Crippen LogP contribution in [0.25, 0.3) is 0 Å². The van der Waals surface area contributed by atoms with Crippen LogP contribution in [-0.4, -0.2) is 20.4 Å². The smallest absolute Gasteiger partial charge is 0.293 e. The third kappa shape index (κ3) is 2.81. The zero-order valence-electron chi connectivity index (χ0n) is 11.0. The highest BCUT2D eigenvalue weighted by atomic mass is 19.1. The number of nitrogen functional groups attached to an aromatic ring is 1. The van der Waals surface area contributed by atoms with E-state index in [-0.39, 0.29) is 6.54 Å². The number of aryl methyl sites for hydroxylation is 1. The van der Waals surface area contributed by atoms with Crippen LogP contribution in [0.2, 0.25) is 0 Å². The molecule has 0 saturated heterocycles. The second kappa shape index (κ2) is 5.57. The Balaban J connectivity index is 2.25. The van der Waals surface area contributed by atoms with Crippen molar-refractivity contribution in [2.75, 3.05) is 5.73 Å². The van der Waals surface area contributed by atoms with Crippen LogP contribution in [0, 0.1) is 15.9 Å². The first-order valence-corrected chi connectivity index (χ1v) is 5.88. The maximum Gasteiger partial charge on any atom is 0.293 e. The normalized spacial score (nSPS) is 10.4. The van der Waals surface area contributed by atoms with E-state index in [0.717, 1.165) is 12.1 Å². The highest BCUT2D eigenvalue weighted by Gasteiger charge is 2.23. The summed E-state index contributed by atoms with van der Waals surface area (Å²) in [6.07, 6.45) is 3.23. The highest BCUT2D eigenvalue weighted by Crippen LogP contribution is 2.27. The van der Waals surface area contributed by atoms with E-state index in [1.54, 1.807) is 24.0 Å². The Bertz CT molecular complexity index is 713. The average Bonchev–Trinajstić information content (AvgIpc) is 2.81. The molecule has 1 aromatic heterocycles. The zero-order chi connectivity index (χ0) is 15.6. The van der Waals surface area contributed by atoms with Crippen LogP contribution in [-0.2, 0) is 13.6 Å². The van der Waals surface area contributed by atoms with E-state index in [1.807, 2.05) is 0 Å². The van der Waals surface area contributed by atoms with Gasteiger partial charge < -0.3 is 15.6 Å². The van der Waals surface area contributed by atoms with Gasteiger partial charge in [-0.25, -0.2) is 9.37 Å². The molecule has 1 aromatic carbocycles. The number of halogens is 1. The lowest BCUT2D eigenvalue weighted by Gasteiger charge is -2.08. The number of nitrogens with zero attached hydrogens (tertiary/aromatic N) is 3. The number of benzene rings is 1. The Hall–Kier alpha value is -2.97. The van der Waals surface area contributed by atoms with Crippen LogP contribution in [0.3, 0.4) is 0 Å². The molecular formula is C12H12FN5O3. The summed E-state index contributed by atoms with van der Waals surface area (Å²) in [5.74, 6) is -1.21. The Morgan fingerprint density at radius 3 is 2.86 bits per heavy atom. The molecule has 3 N–H and O–H groups in total. The van der Waals surface area contributed by atoms with Crippen molar-refractivity contribution < 1.29 is 14.1 Å². The summed E-state index contributed by atoms with van der Waals surface area (Å²) in [5, 5.41) is 13.2. The fourth-order valence-electron chi connectivity index (χ4n) is 1.79. The lowest BCUT2D eigenvalue weighted by atomic mass is 10.1. The summed E-state index contributed by atoms with van der Waals surface area (Å²) in [6.45, 7) is 0.0455. The first kappa shape index (κ1) is 14.4. The molecule has 9 heteroatoms. The van der Waals surface area contributed by atoms with E-state index in [4.69, 9.17) is 5.73 Å². The molecule has 0 fully saturated rings. The number of nitro groups is 1. The van der Waals surface area contributed by atoms with E-state index in [0.29, 0.717) is 5.82 Å². The van der Waals surface area contributed by atoms with Crippen LogP contribution >= 0.6 is 0 Å². The maximum atomic E-state index is 13.7. The number of carbonyl (C=O) groups is 1. The largest absolute Gasteiger partial charge is 0.392 e.